The lowest BCUT2D eigenvalue weighted by Crippen LogP contribution is -1.97. The van der Waals surface area contributed by atoms with Gasteiger partial charge in [0.25, 0.3) is 0 Å². The second-order valence-electron chi connectivity index (χ2n) is 9.73. The number of fused-ring (bicyclic) bond motifs is 2. The summed E-state index contributed by atoms with van der Waals surface area (Å²) in [7, 11) is 3.38. The lowest BCUT2D eigenvalue weighted by Gasteiger charge is -2.22. The zero-order chi connectivity index (χ0) is 27.6. The molecule has 0 atom stereocenters. The molecular formula is C38H30O2. The number of methoxy groups -OCH3 is 2. The van der Waals surface area contributed by atoms with E-state index >= 15 is 0 Å². The van der Waals surface area contributed by atoms with Gasteiger partial charge in [-0.25, -0.2) is 0 Å². The molecule has 0 N–H and O–H groups in total. The van der Waals surface area contributed by atoms with E-state index in [2.05, 4.69) is 98.1 Å². The number of ether oxygens (including phenoxy) is 2. The van der Waals surface area contributed by atoms with Crippen molar-refractivity contribution in [1.29, 1.82) is 0 Å². The van der Waals surface area contributed by atoms with Gasteiger partial charge in [-0.2, -0.15) is 0 Å². The second-order valence-corrected chi connectivity index (χ2v) is 9.73. The fourth-order valence-corrected chi connectivity index (χ4v) is 5.71. The summed E-state index contributed by atoms with van der Waals surface area (Å²) in [6, 6.07) is 38.2. The molecule has 0 bridgehead atoms. The van der Waals surface area contributed by atoms with E-state index in [1.807, 2.05) is 36.4 Å². The van der Waals surface area contributed by atoms with Crippen LogP contribution < -0.4 is 9.47 Å². The van der Waals surface area contributed by atoms with Gasteiger partial charge in [0.2, 0.25) is 0 Å². The molecule has 0 radical (unpaired) electrons. The summed E-state index contributed by atoms with van der Waals surface area (Å²) in [6.07, 6.45) is 3.98. The normalized spacial score (nSPS) is 10.9. The quantitative estimate of drug-likeness (QED) is 0.209. The Hall–Kier alpha value is -5.08. The molecule has 0 spiro atoms. The molecule has 6 rings (SSSR count). The largest absolute Gasteiger partial charge is 0.497 e. The summed E-state index contributed by atoms with van der Waals surface area (Å²) in [5.74, 6) is 1.66. The Bertz CT molecular complexity index is 1740. The van der Waals surface area contributed by atoms with Crippen LogP contribution in [-0.2, 0) is 0 Å². The minimum absolute atomic E-state index is 0.831. The number of rotatable bonds is 7. The van der Waals surface area contributed by atoms with Crippen LogP contribution in [0, 0.1) is 0 Å². The van der Waals surface area contributed by atoms with Crippen molar-refractivity contribution in [2.75, 3.05) is 14.2 Å². The van der Waals surface area contributed by atoms with Crippen molar-refractivity contribution >= 4 is 33.7 Å². The molecule has 0 aromatic heterocycles. The van der Waals surface area contributed by atoms with E-state index < -0.39 is 0 Å². The highest BCUT2D eigenvalue weighted by atomic mass is 16.5. The van der Waals surface area contributed by atoms with Gasteiger partial charge in [-0.15, -0.1) is 0 Å². The fraction of sp³-hybridized carbons (Fsp3) is 0.0526. The van der Waals surface area contributed by atoms with Crippen LogP contribution in [0.3, 0.4) is 0 Å². The lowest BCUT2D eigenvalue weighted by atomic mass is 9.81. The van der Waals surface area contributed by atoms with Gasteiger partial charge in [0, 0.05) is 0 Å². The second kappa shape index (κ2) is 10.6. The van der Waals surface area contributed by atoms with Crippen LogP contribution in [-0.4, -0.2) is 14.2 Å². The van der Waals surface area contributed by atoms with Crippen molar-refractivity contribution in [3.05, 3.63) is 133 Å². The fourth-order valence-electron chi connectivity index (χ4n) is 5.71. The van der Waals surface area contributed by atoms with Gasteiger partial charge < -0.3 is 9.47 Å². The molecule has 0 heterocycles. The number of hydrogen-bond acceptors (Lipinski definition) is 2. The molecule has 40 heavy (non-hydrogen) atoms. The molecule has 0 fully saturated rings. The Kier molecular flexibility index (Phi) is 6.67. The van der Waals surface area contributed by atoms with Gasteiger partial charge in [0.1, 0.15) is 11.5 Å². The van der Waals surface area contributed by atoms with Gasteiger partial charge in [-0.05, 0) is 102 Å². The van der Waals surface area contributed by atoms with Crippen LogP contribution in [0.15, 0.2) is 122 Å². The van der Waals surface area contributed by atoms with E-state index in [0.29, 0.717) is 0 Å². The highest BCUT2D eigenvalue weighted by Gasteiger charge is 2.21. The molecule has 2 nitrogen and oxygen atoms in total. The zero-order valence-corrected chi connectivity index (χ0v) is 22.8. The van der Waals surface area contributed by atoms with Gasteiger partial charge in [-0.1, -0.05) is 98.1 Å². The predicted octanol–water partition coefficient (Wildman–Crippen LogP) is 10.3. The zero-order valence-electron chi connectivity index (χ0n) is 22.8. The molecular weight excluding hydrogens is 488 g/mol. The first-order valence-corrected chi connectivity index (χ1v) is 13.3. The van der Waals surface area contributed by atoms with Crippen LogP contribution in [0.4, 0.5) is 0 Å². The van der Waals surface area contributed by atoms with Gasteiger partial charge in [0.05, 0.1) is 14.2 Å². The Morgan fingerprint density at radius 3 is 1.23 bits per heavy atom. The Balaban J connectivity index is 1.76. The summed E-state index contributed by atoms with van der Waals surface area (Å²) in [6.45, 7) is 8.63. The smallest absolute Gasteiger partial charge is 0.118 e. The van der Waals surface area contributed by atoms with Crippen LogP contribution in [0.5, 0.6) is 11.5 Å². The van der Waals surface area contributed by atoms with Gasteiger partial charge in [-0.3, -0.25) is 0 Å². The van der Waals surface area contributed by atoms with Crippen molar-refractivity contribution in [2.24, 2.45) is 0 Å². The van der Waals surface area contributed by atoms with E-state index in [-0.39, 0.29) is 0 Å². The van der Waals surface area contributed by atoms with E-state index in [9.17, 15) is 0 Å². The van der Waals surface area contributed by atoms with E-state index in [0.717, 1.165) is 56.0 Å². The number of benzene rings is 6. The molecule has 0 saturated heterocycles. The lowest BCUT2D eigenvalue weighted by molar-refractivity contribution is 0.415. The molecule has 2 heteroatoms. The van der Waals surface area contributed by atoms with Crippen molar-refractivity contribution in [1.82, 2.24) is 0 Å². The first-order valence-electron chi connectivity index (χ1n) is 13.3. The molecule has 0 amide bonds. The third-order valence-corrected chi connectivity index (χ3v) is 7.64. The van der Waals surface area contributed by atoms with Crippen LogP contribution in [0.1, 0.15) is 11.1 Å². The van der Waals surface area contributed by atoms with Crippen molar-refractivity contribution in [3.8, 4) is 44.9 Å². The molecule has 0 saturated carbocycles. The van der Waals surface area contributed by atoms with E-state index in [1.165, 1.54) is 21.5 Å². The first-order chi connectivity index (χ1) is 19.7. The third kappa shape index (κ3) is 4.24. The average molecular weight is 519 g/mol. The summed E-state index contributed by atoms with van der Waals surface area (Å²) in [5, 5.41) is 4.69. The standard InChI is InChI=1S/C38H30O2/c1-5-31-35(25-15-19-29(39-3)20-16-25)23-27-11-7-9-13-33(27)37(31)38-32(6-2)36(24-28-12-8-10-14-34(28)38)26-17-21-30(40-4)22-18-26/h5-24H,1-2H2,3-4H3. The maximum atomic E-state index is 5.43. The average Bonchev–Trinajstić information content (AvgIpc) is 3.03. The van der Waals surface area contributed by atoms with Gasteiger partial charge >= 0.3 is 0 Å². The van der Waals surface area contributed by atoms with Crippen molar-refractivity contribution in [2.45, 2.75) is 0 Å². The van der Waals surface area contributed by atoms with Crippen molar-refractivity contribution in [3.63, 3.8) is 0 Å². The number of hydrogen-bond donors (Lipinski definition) is 0. The SMILES string of the molecule is C=Cc1c(-c2ccc(OC)cc2)cc2ccccc2c1-c1c(C=C)c(-c2ccc(OC)cc2)cc2ccccc12. The first kappa shape index (κ1) is 25.2. The maximum Gasteiger partial charge on any atom is 0.118 e. The molecule has 6 aromatic rings. The van der Waals surface area contributed by atoms with Crippen molar-refractivity contribution < 1.29 is 9.47 Å². The third-order valence-electron chi connectivity index (χ3n) is 7.64. The minimum Gasteiger partial charge on any atom is -0.497 e. The van der Waals surface area contributed by atoms with E-state index in [1.54, 1.807) is 14.2 Å². The Labute approximate surface area is 235 Å². The summed E-state index contributed by atoms with van der Waals surface area (Å²) >= 11 is 0. The highest BCUT2D eigenvalue weighted by Crippen LogP contribution is 2.46. The summed E-state index contributed by atoms with van der Waals surface area (Å²) < 4.78 is 10.9. The van der Waals surface area contributed by atoms with Gasteiger partial charge in [0.15, 0.2) is 0 Å². The van der Waals surface area contributed by atoms with Crippen LogP contribution >= 0.6 is 0 Å². The summed E-state index contributed by atoms with van der Waals surface area (Å²) in [5.41, 5.74) is 8.95. The molecule has 0 unspecified atom stereocenters. The van der Waals surface area contributed by atoms with E-state index in [4.69, 9.17) is 9.47 Å². The molecule has 0 aliphatic rings. The molecule has 0 aliphatic heterocycles. The minimum atomic E-state index is 0.831. The topological polar surface area (TPSA) is 18.5 Å². The predicted molar refractivity (Wildman–Crippen MR) is 171 cm³/mol. The van der Waals surface area contributed by atoms with Crippen LogP contribution in [0.25, 0.3) is 67.1 Å². The monoisotopic (exact) mass is 518 g/mol. The maximum absolute atomic E-state index is 5.43. The molecule has 0 aliphatic carbocycles. The molecule has 6 aromatic carbocycles. The van der Waals surface area contributed by atoms with Crippen LogP contribution in [0.2, 0.25) is 0 Å². The molecule has 194 valence electrons. The Morgan fingerprint density at radius 2 is 0.875 bits per heavy atom. The summed E-state index contributed by atoms with van der Waals surface area (Å²) in [4.78, 5) is 0. The Morgan fingerprint density at radius 1 is 0.500 bits per heavy atom. The highest BCUT2D eigenvalue weighted by molar-refractivity contribution is 6.14.